The van der Waals surface area contributed by atoms with E-state index in [9.17, 15) is 10.2 Å². The quantitative estimate of drug-likeness (QED) is 0.513. The number of hydrogen-bond acceptors (Lipinski definition) is 4. The van der Waals surface area contributed by atoms with Crippen molar-refractivity contribution in [1.82, 2.24) is 0 Å². The van der Waals surface area contributed by atoms with Gasteiger partial charge >= 0.3 is 0 Å². The number of aromatic hydroxyl groups is 2. The van der Waals surface area contributed by atoms with Gasteiger partial charge in [-0.15, -0.1) is 0 Å². The number of rotatable bonds is 4. The molecule has 112 valence electrons. The Morgan fingerprint density at radius 1 is 0.810 bits per heavy atom. The van der Waals surface area contributed by atoms with Gasteiger partial charge in [-0.1, -0.05) is 26.0 Å². The highest BCUT2D eigenvalue weighted by Gasteiger charge is 2.20. The normalized spacial score (nSPS) is 11.5. The average molecular weight is 286 g/mol. The molecule has 2 rings (SSSR count). The van der Waals surface area contributed by atoms with Crippen molar-refractivity contribution in [2.45, 2.75) is 26.7 Å². The molecule has 0 unspecified atom stereocenters. The van der Waals surface area contributed by atoms with Gasteiger partial charge in [-0.3, -0.25) is 0 Å². The van der Waals surface area contributed by atoms with E-state index in [0.717, 1.165) is 24.0 Å². The summed E-state index contributed by atoms with van der Waals surface area (Å²) >= 11 is 0. The predicted octanol–water partition coefficient (Wildman–Crippen LogP) is 3.07. The lowest BCUT2D eigenvalue weighted by Crippen LogP contribution is -2.18. The molecule has 2 aromatic rings. The maximum atomic E-state index is 9.68. The molecule has 4 heteroatoms. The Labute approximate surface area is 125 Å². The fourth-order valence-electron chi connectivity index (χ4n) is 2.57. The van der Waals surface area contributed by atoms with Crippen molar-refractivity contribution in [3.8, 4) is 11.5 Å². The van der Waals surface area contributed by atoms with E-state index < -0.39 is 0 Å². The van der Waals surface area contributed by atoms with Crippen LogP contribution in [0.2, 0.25) is 0 Å². The molecule has 0 saturated heterocycles. The van der Waals surface area contributed by atoms with Crippen molar-refractivity contribution < 1.29 is 10.2 Å². The van der Waals surface area contributed by atoms with Crippen LogP contribution < -0.4 is 11.5 Å². The molecule has 21 heavy (non-hydrogen) atoms. The van der Waals surface area contributed by atoms with Crippen LogP contribution in [0.4, 0.5) is 11.4 Å². The number of benzene rings is 2. The molecule has 0 aliphatic heterocycles. The van der Waals surface area contributed by atoms with Gasteiger partial charge in [0, 0.05) is 0 Å². The summed E-state index contributed by atoms with van der Waals surface area (Å²) in [6.45, 7) is 4.29. The van der Waals surface area contributed by atoms with Crippen LogP contribution in [-0.2, 0) is 12.8 Å². The molecule has 0 atom stereocenters. The van der Waals surface area contributed by atoms with Gasteiger partial charge in [0.1, 0.15) is 11.5 Å². The highest BCUT2D eigenvalue weighted by Crippen LogP contribution is 2.31. The van der Waals surface area contributed by atoms with Crippen LogP contribution in [0.25, 0.3) is 0 Å². The van der Waals surface area contributed by atoms with Crippen molar-refractivity contribution in [2.75, 3.05) is 11.5 Å². The second kappa shape index (κ2) is 5.56. The van der Waals surface area contributed by atoms with Crippen LogP contribution in [0.5, 0.6) is 11.5 Å². The van der Waals surface area contributed by atoms with E-state index in [1.54, 1.807) is 24.3 Å². The lowest BCUT2D eigenvalue weighted by molar-refractivity contribution is 0.359. The van der Waals surface area contributed by atoms with Gasteiger partial charge < -0.3 is 21.7 Å². The standard InChI is InChI=1S/C17H22N2O2/c1-17(2,9-11-3-5-13(18)15(20)7-11)10-12-4-6-14(19)16(21)8-12/h3-8,20-21H,9-10,18-19H2,1-2H3. The summed E-state index contributed by atoms with van der Waals surface area (Å²) in [6, 6.07) is 10.7. The zero-order chi connectivity index (χ0) is 15.6. The molecule has 0 spiro atoms. The van der Waals surface area contributed by atoms with Gasteiger partial charge in [0.2, 0.25) is 0 Å². The number of nitrogen functional groups attached to an aromatic ring is 2. The van der Waals surface area contributed by atoms with Crippen molar-refractivity contribution in [2.24, 2.45) is 5.41 Å². The molecule has 0 saturated carbocycles. The highest BCUT2D eigenvalue weighted by atomic mass is 16.3. The van der Waals surface area contributed by atoms with Gasteiger partial charge in [-0.2, -0.15) is 0 Å². The number of anilines is 2. The molecule has 0 amide bonds. The summed E-state index contributed by atoms with van der Waals surface area (Å²) in [5.74, 6) is 0.238. The zero-order valence-electron chi connectivity index (χ0n) is 12.4. The molecule has 4 nitrogen and oxygen atoms in total. The lowest BCUT2D eigenvalue weighted by Gasteiger charge is -2.25. The van der Waals surface area contributed by atoms with Gasteiger partial charge in [0.05, 0.1) is 11.4 Å². The third-order valence-corrected chi connectivity index (χ3v) is 3.56. The van der Waals surface area contributed by atoms with Crippen molar-refractivity contribution in [1.29, 1.82) is 0 Å². The SMILES string of the molecule is CC(C)(Cc1ccc(N)c(O)c1)Cc1ccc(N)c(O)c1. The van der Waals surface area contributed by atoms with Gasteiger partial charge in [-0.05, 0) is 53.6 Å². The first-order valence-corrected chi connectivity index (χ1v) is 6.91. The molecule has 2 aromatic carbocycles. The van der Waals surface area contributed by atoms with Crippen LogP contribution in [0.3, 0.4) is 0 Å². The number of hydrogen-bond donors (Lipinski definition) is 4. The Kier molecular flexibility index (Phi) is 3.98. The van der Waals surface area contributed by atoms with Crippen LogP contribution in [0.15, 0.2) is 36.4 Å². The fourth-order valence-corrected chi connectivity index (χ4v) is 2.57. The first kappa shape index (κ1) is 15.0. The van der Waals surface area contributed by atoms with Gasteiger partial charge in [0.25, 0.3) is 0 Å². The van der Waals surface area contributed by atoms with Crippen molar-refractivity contribution in [3.05, 3.63) is 47.5 Å². The number of nitrogens with two attached hydrogens (primary N) is 2. The molecule has 0 aliphatic rings. The Bertz CT molecular complexity index is 596. The number of phenols is 2. The maximum absolute atomic E-state index is 9.68. The third kappa shape index (κ3) is 3.81. The summed E-state index contributed by atoms with van der Waals surface area (Å²) in [7, 11) is 0. The van der Waals surface area contributed by atoms with Crippen molar-refractivity contribution >= 4 is 11.4 Å². The van der Waals surface area contributed by atoms with Crippen LogP contribution in [0.1, 0.15) is 25.0 Å². The van der Waals surface area contributed by atoms with E-state index in [2.05, 4.69) is 13.8 Å². The highest BCUT2D eigenvalue weighted by molar-refractivity contribution is 5.54. The lowest BCUT2D eigenvalue weighted by atomic mass is 9.80. The second-order valence-corrected chi connectivity index (χ2v) is 6.30. The summed E-state index contributed by atoms with van der Waals surface area (Å²) in [5.41, 5.74) is 14.1. The van der Waals surface area contributed by atoms with E-state index in [1.165, 1.54) is 0 Å². The Hall–Kier alpha value is -2.36. The zero-order valence-corrected chi connectivity index (χ0v) is 12.4. The third-order valence-electron chi connectivity index (χ3n) is 3.56. The summed E-state index contributed by atoms with van der Waals surface area (Å²) in [4.78, 5) is 0. The van der Waals surface area contributed by atoms with Crippen LogP contribution in [-0.4, -0.2) is 10.2 Å². The van der Waals surface area contributed by atoms with E-state index >= 15 is 0 Å². The average Bonchev–Trinajstić information content (AvgIpc) is 2.37. The van der Waals surface area contributed by atoms with E-state index in [4.69, 9.17) is 11.5 Å². The molecule has 0 aliphatic carbocycles. The van der Waals surface area contributed by atoms with E-state index in [1.807, 2.05) is 12.1 Å². The van der Waals surface area contributed by atoms with Gasteiger partial charge in [0.15, 0.2) is 0 Å². The molecule has 0 heterocycles. The van der Waals surface area contributed by atoms with Crippen LogP contribution in [0, 0.1) is 5.41 Å². The largest absolute Gasteiger partial charge is 0.506 e. The topological polar surface area (TPSA) is 92.5 Å². The molecule has 0 fully saturated rings. The first-order valence-electron chi connectivity index (χ1n) is 6.91. The minimum Gasteiger partial charge on any atom is -0.506 e. The second-order valence-electron chi connectivity index (χ2n) is 6.30. The Morgan fingerprint density at radius 3 is 1.52 bits per heavy atom. The monoisotopic (exact) mass is 286 g/mol. The molecule has 6 N–H and O–H groups in total. The minimum atomic E-state index is -0.0227. The molecule has 0 bridgehead atoms. The van der Waals surface area contributed by atoms with Gasteiger partial charge in [-0.25, -0.2) is 0 Å². The Balaban J connectivity index is 2.13. The predicted molar refractivity (Wildman–Crippen MR) is 86.2 cm³/mol. The van der Waals surface area contributed by atoms with Crippen LogP contribution >= 0.6 is 0 Å². The minimum absolute atomic E-state index is 0.0227. The van der Waals surface area contributed by atoms with E-state index in [0.29, 0.717) is 11.4 Å². The summed E-state index contributed by atoms with van der Waals surface area (Å²) in [5, 5.41) is 19.4. The van der Waals surface area contributed by atoms with Crippen molar-refractivity contribution in [3.63, 3.8) is 0 Å². The van der Waals surface area contributed by atoms with E-state index in [-0.39, 0.29) is 16.9 Å². The molecule has 0 radical (unpaired) electrons. The first-order chi connectivity index (χ1) is 9.77. The summed E-state index contributed by atoms with van der Waals surface area (Å²) in [6.07, 6.45) is 1.60. The fraction of sp³-hybridized carbons (Fsp3) is 0.294. The molecular weight excluding hydrogens is 264 g/mol. The Morgan fingerprint density at radius 2 is 1.19 bits per heavy atom. The molecule has 0 aromatic heterocycles. The maximum Gasteiger partial charge on any atom is 0.138 e. The summed E-state index contributed by atoms with van der Waals surface area (Å²) < 4.78 is 0. The number of phenolic OH excluding ortho intramolecular Hbond substituents is 2. The molecular formula is C17H22N2O2. The smallest absolute Gasteiger partial charge is 0.138 e.